The predicted octanol–water partition coefficient (Wildman–Crippen LogP) is 3.75. The van der Waals surface area contributed by atoms with Gasteiger partial charge in [0.2, 0.25) is 5.95 Å². The molecule has 1 aromatic carbocycles. The minimum atomic E-state index is -4.36. The van der Waals surface area contributed by atoms with Crippen molar-refractivity contribution in [3.05, 3.63) is 47.1 Å². The molecule has 0 unspecified atom stereocenters. The van der Waals surface area contributed by atoms with Crippen LogP contribution in [0.15, 0.2) is 35.2 Å². The highest BCUT2D eigenvalue weighted by atomic mass is 35.5. The first kappa shape index (κ1) is 24.6. The van der Waals surface area contributed by atoms with Gasteiger partial charge in [-0.2, -0.15) is 4.39 Å². The topological polar surface area (TPSA) is 74.8 Å². The van der Waals surface area contributed by atoms with Crippen LogP contribution in [0.4, 0.5) is 20.3 Å². The van der Waals surface area contributed by atoms with Crippen LogP contribution in [-0.2, 0) is 14.8 Å². The molecule has 0 amide bonds. The van der Waals surface area contributed by atoms with Gasteiger partial charge in [0.1, 0.15) is 16.5 Å². The Morgan fingerprint density at radius 1 is 1.34 bits per heavy atom. The summed E-state index contributed by atoms with van der Waals surface area (Å²) < 4.78 is 61.4. The zero-order valence-corrected chi connectivity index (χ0v) is 20.0. The fourth-order valence-electron chi connectivity index (χ4n) is 3.67. The van der Waals surface area contributed by atoms with Gasteiger partial charge in [0, 0.05) is 38.9 Å². The van der Waals surface area contributed by atoms with E-state index in [1.54, 1.807) is 7.11 Å². The van der Waals surface area contributed by atoms with Crippen molar-refractivity contribution in [2.24, 2.45) is 0 Å². The summed E-state index contributed by atoms with van der Waals surface area (Å²) in [5.41, 5.74) is -0.0631. The summed E-state index contributed by atoms with van der Waals surface area (Å²) in [7, 11) is -0.696. The number of ether oxygens (including phenoxy) is 1. The molecule has 3 rings (SSSR count). The Balaban J connectivity index is 1.84. The Kier molecular flexibility index (Phi) is 7.28. The second-order valence-electron chi connectivity index (χ2n) is 8.25. The molecule has 2 aromatic rings. The van der Waals surface area contributed by atoms with Gasteiger partial charge in [-0.25, -0.2) is 17.8 Å². The molecule has 32 heavy (non-hydrogen) atoms. The standard InChI is InChI=1S/C21H27ClF2N4O3S/c1-14(2)27(3)12-21(31-4)8-9-28(13-21)17-11-16(23)18(10-15(17)22)32(29,30)26-20-7-5-6-19(24)25-20/h5-7,10-11,14H,8-9,12-13H2,1-4H3,(H,25,26)/t21-/m1/s1. The molecular formula is C21H27ClF2N4O3S. The van der Waals surface area contributed by atoms with Crippen LogP contribution in [0.25, 0.3) is 0 Å². The van der Waals surface area contributed by atoms with Crippen LogP contribution in [0.3, 0.4) is 0 Å². The summed E-state index contributed by atoms with van der Waals surface area (Å²) >= 11 is 6.38. The number of anilines is 2. The van der Waals surface area contributed by atoms with Crippen molar-refractivity contribution in [2.75, 3.05) is 43.4 Å². The summed E-state index contributed by atoms with van der Waals surface area (Å²) in [6.45, 7) is 5.94. The van der Waals surface area contributed by atoms with Crippen molar-refractivity contribution in [2.45, 2.75) is 36.8 Å². The Labute approximate surface area is 192 Å². The molecule has 11 heteroatoms. The third-order valence-electron chi connectivity index (χ3n) is 5.75. The molecule has 0 spiro atoms. The third kappa shape index (κ3) is 5.31. The molecule has 0 bridgehead atoms. The van der Waals surface area contributed by atoms with E-state index in [0.29, 0.717) is 37.8 Å². The van der Waals surface area contributed by atoms with E-state index in [4.69, 9.17) is 16.3 Å². The first-order chi connectivity index (χ1) is 15.0. The SMILES string of the molecule is CO[C@@]1(CN(C)C(C)C)CCN(c2cc(F)c(S(=O)(=O)Nc3cccc(F)n3)cc2Cl)C1. The fraction of sp³-hybridized carbons (Fsp3) is 0.476. The van der Waals surface area contributed by atoms with Crippen molar-refractivity contribution in [3.8, 4) is 0 Å². The lowest BCUT2D eigenvalue weighted by Gasteiger charge is -2.34. The largest absolute Gasteiger partial charge is 0.375 e. The van der Waals surface area contributed by atoms with E-state index >= 15 is 0 Å². The van der Waals surface area contributed by atoms with Crippen LogP contribution in [0.2, 0.25) is 5.02 Å². The first-order valence-electron chi connectivity index (χ1n) is 10.1. The molecule has 1 N–H and O–H groups in total. The summed E-state index contributed by atoms with van der Waals surface area (Å²) in [4.78, 5) is 6.86. The summed E-state index contributed by atoms with van der Waals surface area (Å²) in [6, 6.07) is 6.12. The maximum Gasteiger partial charge on any atom is 0.266 e. The maximum absolute atomic E-state index is 14.9. The van der Waals surface area contributed by atoms with Gasteiger partial charge < -0.3 is 14.5 Å². The van der Waals surface area contributed by atoms with E-state index in [1.165, 1.54) is 12.1 Å². The van der Waals surface area contributed by atoms with Gasteiger partial charge in [-0.05, 0) is 45.5 Å². The molecule has 1 aliphatic heterocycles. The Hall–Kier alpha value is -2.01. The first-order valence-corrected chi connectivity index (χ1v) is 12.0. The quantitative estimate of drug-likeness (QED) is 0.570. The number of rotatable bonds is 8. The lowest BCUT2D eigenvalue weighted by molar-refractivity contribution is -0.0200. The van der Waals surface area contributed by atoms with Crippen LogP contribution in [0, 0.1) is 11.8 Å². The Morgan fingerprint density at radius 3 is 2.69 bits per heavy atom. The number of nitrogens with zero attached hydrogens (tertiary/aromatic N) is 3. The van der Waals surface area contributed by atoms with Crippen molar-refractivity contribution >= 4 is 33.1 Å². The number of benzene rings is 1. The van der Waals surface area contributed by atoms with Crippen LogP contribution in [0.1, 0.15) is 20.3 Å². The number of methoxy groups -OCH3 is 1. The van der Waals surface area contributed by atoms with E-state index in [-0.39, 0.29) is 10.8 Å². The number of aromatic nitrogens is 1. The number of halogens is 3. The normalized spacial score (nSPS) is 19.2. The second-order valence-corrected chi connectivity index (χ2v) is 10.3. The number of pyridine rings is 1. The summed E-state index contributed by atoms with van der Waals surface area (Å²) in [6.07, 6.45) is 0.714. The molecule has 1 fully saturated rings. The average molecular weight is 489 g/mol. The highest BCUT2D eigenvalue weighted by molar-refractivity contribution is 7.92. The molecule has 2 heterocycles. The van der Waals surface area contributed by atoms with Crippen LogP contribution in [0.5, 0.6) is 0 Å². The van der Waals surface area contributed by atoms with E-state index in [1.807, 2.05) is 11.9 Å². The molecule has 1 saturated heterocycles. The number of nitrogens with one attached hydrogen (secondary N) is 1. The minimum absolute atomic E-state index is 0.0862. The number of hydrogen-bond acceptors (Lipinski definition) is 6. The van der Waals surface area contributed by atoms with Gasteiger partial charge in [-0.3, -0.25) is 4.72 Å². The predicted molar refractivity (Wildman–Crippen MR) is 121 cm³/mol. The van der Waals surface area contributed by atoms with Crippen LogP contribution in [-0.4, -0.2) is 63.7 Å². The van der Waals surface area contributed by atoms with Gasteiger partial charge in [0.05, 0.1) is 16.3 Å². The lowest BCUT2D eigenvalue weighted by Crippen LogP contribution is -2.47. The van der Waals surface area contributed by atoms with Gasteiger partial charge in [-0.1, -0.05) is 17.7 Å². The van der Waals surface area contributed by atoms with Gasteiger partial charge in [0.15, 0.2) is 0 Å². The van der Waals surface area contributed by atoms with E-state index < -0.39 is 32.3 Å². The molecule has 176 valence electrons. The maximum atomic E-state index is 14.9. The van der Waals surface area contributed by atoms with E-state index in [0.717, 1.165) is 18.2 Å². The highest BCUT2D eigenvalue weighted by Crippen LogP contribution is 2.37. The molecular weight excluding hydrogens is 462 g/mol. The Morgan fingerprint density at radius 2 is 2.06 bits per heavy atom. The van der Waals surface area contributed by atoms with Crippen molar-refractivity contribution < 1.29 is 21.9 Å². The number of likely N-dealkylation sites (N-methyl/N-ethyl adjacent to an activating group) is 1. The second kappa shape index (κ2) is 9.46. The van der Waals surface area contributed by atoms with Crippen molar-refractivity contribution in [3.63, 3.8) is 0 Å². The molecule has 1 aromatic heterocycles. The van der Waals surface area contributed by atoms with Gasteiger partial charge in [-0.15, -0.1) is 0 Å². The number of sulfonamides is 1. The number of hydrogen-bond donors (Lipinski definition) is 1. The lowest BCUT2D eigenvalue weighted by atomic mass is 10.0. The monoisotopic (exact) mass is 488 g/mol. The van der Waals surface area contributed by atoms with E-state index in [2.05, 4.69) is 28.5 Å². The Bertz CT molecular complexity index is 1090. The highest BCUT2D eigenvalue weighted by Gasteiger charge is 2.40. The summed E-state index contributed by atoms with van der Waals surface area (Å²) in [5, 5.41) is 0.0862. The summed E-state index contributed by atoms with van der Waals surface area (Å²) in [5.74, 6) is -2.09. The molecule has 1 atom stereocenters. The smallest absolute Gasteiger partial charge is 0.266 e. The van der Waals surface area contributed by atoms with Crippen molar-refractivity contribution in [1.82, 2.24) is 9.88 Å². The minimum Gasteiger partial charge on any atom is -0.375 e. The van der Waals surface area contributed by atoms with Gasteiger partial charge >= 0.3 is 0 Å². The fourth-order valence-corrected chi connectivity index (χ4v) is 5.11. The zero-order valence-electron chi connectivity index (χ0n) is 18.4. The van der Waals surface area contributed by atoms with Crippen LogP contribution >= 0.6 is 11.6 Å². The molecule has 7 nitrogen and oxygen atoms in total. The van der Waals surface area contributed by atoms with E-state index in [9.17, 15) is 17.2 Å². The molecule has 0 saturated carbocycles. The average Bonchev–Trinajstić information content (AvgIpc) is 3.13. The molecule has 0 radical (unpaired) electrons. The van der Waals surface area contributed by atoms with Crippen LogP contribution < -0.4 is 9.62 Å². The molecule has 0 aliphatic carbocycles. The van der Waals surface area contributed by atoms with Gasteiger partial charge in [0.25, 0.3) is 10.0 Å². The van der Waals surface area contributed by atoms with Crippen molar-refractivity contribution in [1.29, 1.82) is 0 Å². The third-order valence-corrected chi connectivity index (χ3v) is 7.43. The zero-order chi connectivity index (χ0) is 23.7. The molecule has 1 aliphatic rings.